The molecular formula is C13H20F2N2O3. The molecule has 2 amide bonds. The number of rotatable bonds is 2. The second kappa shape index (κ2) is 5.27. The minimum atomic E-state index is -2.67. The molecule has 0 aromatic heterocycles. The molecule has 1 saturated heterocycles. The van der Waals surface area contributed by atoms with Gasteiger partial charge in [0.2, 0.25) is 11.8 Å². The van der Waals surface area contributed by atoms with Gasteiger partial charge in [-0.2, -0.15) is 0 Å². The van der Waals surface area contributed by atoms with Crippen molar-refractivity contribution in [1.82, 2.24) is 4.90 Å². The lowest BCUT2D eigenvalue weighted by molar-refractivity contribution is -0.153. The fourth-order valence-corrected chi connectivity index (χ4v) is 2.97. The zero-order chi connectivity index (χ0) is 15.0. The van der Waals surface area contributed by atoms with Crippen LogP contribution in [0, 0.1) is 5.92 Å². The first-order chi connectivity index (χ1) is 9.23. The standard InChI is InChI=1S/C13H20F2N2O3/c14-13(15)5-2-9(3-6-13)10(18)17-7-1-4-12(20,8-17)11(16)19/h9,20H,1-8H2,(H2,16,19). The second-order valence-electron chi connectivity index (χ2n) is 5.89. The number of primary amides is 1. The molecule has 0 bridgehead atoms. The maximum Gasteiger partial charge on any atom is 0.251 e. The van der Waals surface area contributed by atoms with Crippen molar-refractivity contribution in [1.29, 1.82) is 0 Å². The summed E-state index contributed by atoms with van der Waals surface area (Å²) in [6, 6.07) is 0. The number of hydrogen-bond acceptors (Lipinski definition) is 3. The first-order valence-corrected chi connectivity index (χ1v) is 6.92. The van der Waals surface area contributed by atoms with E-state index in [4.69, 9.17) is 5.73 Å². The normalized spacial score (nSPS) is 31.1. The minimum absolute atomic E-state index is 0.131. The Bertz CT molecular complexity index is 406. The molecule has 1 unspecified atom stereocenters. The number of carbonyl (C=O) groups is 2. The molecule has 1 aliphatic heterocycles. The number of β-amino-alcohol motifs (C(OH)–C–C–N with tert-alkyl or cyclic N) is 1. The van der Waals surface area contributed by atoms with Gasteiger partial charge < -0.3 is 15.7 Å². The first-order valence-electron chi connectivity index (χ1n) is 6.92. The van der Waals surface area contributed by atoms with E-state index in [1.165, 1.54) is 4.90 Å². The molecule has 0 aromatic carbocycles. The topological polar surface area (TPSA) is 83.6 Å². The summed E-state index contributed by atoms with van der Waals surface area (Å²) >= 11 is 0. The van der Waals surface area contributed by atoms with Crippen LogP contribution in [0.2, 0.25) is 0 Å². The first kappa shape index (κ1) is 15.2. The zero-order valence-electron chi connectivity index (χ0n) is 11.3. The summed E-state index contributed by atoms with van der Waals surface area (Å²) in [5.74, 6) is -4.21. The van der Waals surface area contributed by atoms with Crippen molar-refractivity contribution in [3.8, 4) is 0 Å². The fraction of sp³-hybridized carbons (Fsp3) is 0.846. The summed E-state index contributed by atoms with van der Waals surface area (Å²) in [5, 5.41) is 10.1. The summed E-state index contributed by atoms with van der Waals surface area (Å²) in [5.41, 5.74) is 3.46. The van der Waals surface area contributed by atoms with Crippen molar-refractivity contribution in [2.75, 3.05) is 13.1 Å². The van der Waals surface area contributed by atoms with Crippen LogP contribution < -0.4 is 5.73 Å². The Labute approximate surface area is 116 Å². The summed E-state index contributed by atoms with van der Waals surface area (Å²) in [6.07, 6.45) is 0.451. The van der Waals surface area contributed by atoms with Gasteiger partial charge in [0.15, 0.2) is 5.60 Å². The maximum atomic E-state index is 13.1. The average Bonchev–Trinajstić information content (AvgIpc) is 2.38. The van der Waals surface area contributed by atoms with Crippen LogP contribution in [0.25, 0.3) is 0 Å². The van der Waals surface area contributed by atoms with Crippen LogP contribution >= 0.6 is 0 Å². The number of hydrogen-bond donors (Lipinski definition) is 2. The van der Waals surface area contributed by atoms with Crippen molar-refractivity contribution >= 4 is 11.8 Å². The molecule has 1 atom stereocenters. The molecule has 2 fully saturated rings. The molecule has 0 aromatic rings. The van der Waals surface area contributed by atoms with Crippen LogP contribution in [0.5, 0.6) is 0 Å². The second-order valence-corrected chi connectivity index (χ2v) is 5.89. The average molecular weight is 290 g/mol. The van der Waals surface area contributed by atoms with Crippen LogP contribution in [-0.2, 0) is 9.59 Å². The molecule has 2 aliphatic rings. The van der Waals surface area contributed by atoms with Crippen molar-refractivity contribution in [3.63, 3.8) is 0 Å². The molecule has 1 heterocycles. The van der Waals surface area contributed by atoms with E-state index in [1.54, 1.807) is 0 Å². The van der Waals surface area contributed by atoms with Crippen LogP contribution in [0.15, 0.2) is 0 Å². The minimum Gasteiger partial charge on any atom is -0.378 e. The molecule has 0 radical (unpaired) electrons. The van der Waals surface area contributed by atoms with Crippen molar-refractivity contribution in [2.24, 2.45) is 11.7 Å². The van der Waals surface area contributed by atoms with E-state index in [0.717, 1.165) is 0 Å². The van der Waals surface area contributed by atoms with Gasteiger partial charge in [-0.15, -0.1) is 0 Å². The monoisotopic (exact) mass is 290 g/mol. The Morgan fingerprint density at radius 1 is 1.20 bits per heavy atom. The Balaban J connectivity index is 1.98. The van der Waals surface area contributed by atoms with Gasteiger partial charge >= 0.3 is 0 Å². The Hall–Kier alpha value is -1.24. The highest BCUT2D eigenvalue weighted by Crippen LogP contribution is 2.37. The third-order valence-electron chi connectivity index (χ3n) is 4.31. The zero-order valence-corrected chi connectivity index (χ0v) is 11.3. The van der Waals surface area contributed by atoms with E-state index in [-0.39, 0.29) is 44.6 Å². The number of nitrogens with zero attached hydrogens (tertiary/aromatic N) is 1. The lowest BCUT2D eigenvalue weighted by atomic mass is 9.84. The van der Waals surface area contributed by atoms with Crippen LogP contribution in [-0.4, -0.2) is 46.4 Å². The molecule has 20 heavy (non-hydrogen) atoms. The van der Waals surface area contributed by atoms with Gasteiger partial charge in [0.1, 0.15) is 0 Å². The van der Waals surface area contributed by atoms with Crippen LogP contribution in [0.3, 0.4) is 0 Å². The SMILES string of the molecule is NC(=O)C1(O)CCCN(C(=O)C2CCC(F)(F)CC2)C1. The van der Waals surface area contributed by atoms with Crippen molar-refractivity contribution < 1.29 is 23.5 Å². The van der Waals surface area contributed by atoms with E-state index in [2.05, 4.69) is 0 Å². The largest absolute Gasteiger partial charge is 0.378 e. The number of amides is 2. The van der Waals surface area contributed by atoms with Crippen molar-refractivity contribution in [2.45, 2.75) is 50.0 Å². The lowest BCUT2D eigenvalue weighted by Gasteiger charge is -2.39. The van der Waals surface area contributed by atoms with Crippen LogP contribution in [0.1, 0.15) is 38.5 Å². The number of likely N-dealkylation sites (tertiary alicyclic amines) is 1. The van der Waals surface area contributed by atoms with Gasteiger partial charge in [0.25, 0.3) is 5.91 Å². The third kappa shape index (κ3) is 3.08. The lowest BCUT2D eigenvalue weighted by Crippen LogP contribution is -2.58. The summed E-state index contributed by atoms with van der Waals surface area (Å²) < 4.78 is 26.2. The highest BCUT2D eigenvalue weighted by Gasteiger charge is 2.43. The van der Waals surface area contributed by atoms with Gasteiger partial charge in [0, 0.05) is 25.3 Å². The van der Waals surface area contributed by atoms with Gasteiger partial charge in [-0.3, -0.25) is 9.59 Å². The van der Waals surface area contributed by atoms with Gasteiger partial charge in [-0.25, -0.2) is 8.78 Å². The fourth-order valence-electron chi connectivity index (χ4n) is 2.97. The predicted molar refractivity (Wildman–Crippen MR) is 66.9 cm³/mol. The number of alkyl halides is 2. The van der Waals surface area contributed by atoms with Gasteiger partial charge in [-0.1, -0.05) is 0 Å². The molecule has 2 rings (SSSR count). The smallest absolute Gasteiger partial charge is 0.251 e. The molecule has 114 valence electrons. The third-order valence-corrected chi connectivity index (χ3v) is 4.31. The molecule has 3 N–H and O–H groups in total. The number of piperidine rings is 1. The van der Waals surface area contributed by atoms with Crippen LogP contribution in [0.4, 0.5) is 8.78 Å². The van der Waals surface area contributed by atoms with Crippen molar-refractivity contribution in [3.05, 3.63) is 0 Å². The highest BCUT2D eigenvalue weighted by molar-refractivity contribution is 5.85. The van der Waals surface area contributed by atoms with E-state index in [1.807, 2.05) is 0 Å². The highest BCUT2D eigenvalue weighted by atomic mass is 19.3. The quantitative estimate of drug-likeness (QED) is 0.783. The maximum absolute atomic E-state index is 13.1. The number of nitrogens with two attached hydrogens (primary N) is 1. The summed E-state index contributed by atoms with van der Waals surface area (Å²) in [6.45, 7) is 0.301. The van der Waals surface area contributed by atoms with Gasteiger partial charge in [0.05, 0.1) is 6.54 Å². The Kier molecular flexibility index (Phi) is 4.00. The molecule has 1 saturated carbocycles. The molecule has 1 aliphatic carbocycles. The molecule has 0 spiro atoms. The number of halogens is 2. The molecule has 5 nitrogen and oxygen atoms in total. The van der Waals surface area contributed by atoms with Gasteiger partial charge in [-0.05, 0) is 25.7 Å². The number of aliphatic hydroxyl groups is 1. The number of carbonyl (C=O) groups excluding carboxylic acids is 2. The molecule has 7 heteroatoms. The molecular weight excluding hydrogens is 270 g/mol. The van der Waals surface area contributed by atoms with E-state index in [0.29, 0.717) is 13.0 Å². The summed E-state index contributed by atoms with van der Waals surface area (Å²) in [4.78, 5) is 24.9. The van der Waals surface area contributed by atoms with E-state index >= 15 is 0 Å². The van der Waals surface area contributed by atoms with E-state index < -0.39 is 23.3 Å². The van der Waals surface area contributed by atoms with E-state index in [9.17, 15) is 23.5 Å². The summed E-state index contributed by atoms with van der Waals surface area (Å²) in [7, 11) is 0. The Morgan fingerprint density at radius 2 is 1.80 bits per heavy atom. The Morgan fingerprint density at radius 3 is 2.35 bits per heavy atom. The predicted octanol–water partition coefficient (Wildman–Crippen LogP) is 0.651.